The van der Waals surface area contributed by atoms with Gasteiger partial charge in [0, 0.05) is 0 Å². The molecule has 1 aromatic carbocycles. The van der Waals surface area contributed by atoms with Crippen molar-refractivity contribution < 1.29 is 10.5 Å². The number of benzene rings is 1. The molecule has 2 heteroatoms. The van der Waals surface area contributed by atoms with Gasteiger partial charge in [-0.25, -0.2) is 0 Å². The van der Waals surface area contributed by atoms with E-state index in [2.05, 4.69) is 5.73 Å². The molecule has 0 aliphatic rings. The molecule has 0 atom stereocenters. The molecule has 0 aromatic heterocycles. The third-order valence-electron chi connectivity index (χ3n) is 1.18. The highest BCUT2D eigenvalue weighted by Crippen LogP contribution is 2.03. The maximum atomic E-state index is 10.2. The van der Waals surface area contributed by atoms with Gasteiger partial charge in [-0.1, -0.05) is 12.1 Å². The van der Waals surface area contributed by atoms with Gasteiger partial charge in [-0.15, -0.1) is 0 Å². The van der Waals surface area contributed by atoms with E-state index >= 15 is 0 Å². The monoisotopic (exact) mass is 122 g/mol. The van der Waals surface area contributed by atoms with Crippen LogP contribution >= 0.6 is 0 Å². The summed E-state index contributed by atoms with van der Waals surface area (Å²) >= 11 is 0. The van der Waals surface area contributed by atoms with Crippen molar-refractivity contribution in [2.45, 2.75) is 0 Å². The van der Waals surface area contributed by atoms with E-state index in [9.17, 15) is 4.79 Å². The molecule has 0 saturated carbocycles. The molecular formula is C7H8NO+. The first-order chi connectivity index (χ1) is 4.34. The van der Waals surface area contributed by atoms with Crippen LogP contribution in [0.5, 0.6) is 0 Å². The summed E-state index contributed by atoms with van der Waals surface area (Å²) in [5.41, 5.74) is 5.11. The van der Waals surface area contributed by atoms with E-state index < -0.39 is 0 Å². The third kappa shape index (κ3) is 1.15. The Labute approximate surface area is 53.3 Å². The average molecular weight is 122 g/mol. The van der Waals surface area contributed by atoms with Crippen molar-refractivity contribution in [3.8, 4) is 0 Å². The van der Waals surface area contributed by atoms with Crippen molar-refractivity contribution in [1.82, 2.24) is 0 Å². The standard InChI is InChI=1S/C7H7NO/c8-7-4-2-1-3-6(7)5-9/h1-5H,8H2/p+1. The molecule has 0 radical (unpaired) electrons. The summed E-state index contributed by atoms with van der Waals surface area (Å²) < 4.78 is 0. The van der Waals surface area contributed by atoms with Gasteiger partial charge in [0.05, 0.1) is 5.56 Å². The minimum absolute atomic E-state index is 0.664. The lowest BCUT2D eigenvalue weighted by molar-refractivity contribution is -0.255. The molecule has 3 N–H and O–H groups in total. The minimum atomic E-state index is 0.664. The lowest BCUT2D eigenvalue weighted by atomic mass is 10.2. The molecule has 0 aliphatic carbocycles. The Morgan fingerprint density at radius 3 is 2.44 bits per heavy atom. The van der Waals surface area contributed by atoms with Gasteiger partial charge in [0.2, 0.25) is 0 Å². The van der Waals surface area contributed by atoms with Gasteiger partial charge in [-0.3, -0.25) is 4.79 Å². The van der Waals surface area contributed by atoms with Gasteiger partial charge in [0.25, 0.3) is 0 Å². The molecule has 1 aromatic rings. The Kier molecular flexibility index (Phi) is 1.60. The molecule has 1 rings (SSSR count). The van der Waals surface area contributed by atoms with E-state index in [-0.39, 0.29) is 0 Å². The molecule has 0 amide bonds. The predicted molar refractivity (Wildman–Crippen MR) is 34.4 cm³/mol. The van der Waals surface area contributed by atoms with Crippen LogP contribution in [0.25, 0.3) is 0 Å². The highest BCUT2D eigenvalue weighted by Gasteiger charge is 1.95. The summed E-state index contributed by atoms with van der Waals surface area (Å²) in [5, 5.41) is 0. The molecule has 0 saturated heterocycles. The fourth-order valence-electron chi connectivity index (χ4n) is 0.649. The fraction of sp³-hybridized carbons (Fsp3) is 0. The Morgan fingerprint density at radius 2 is 2.00 bits per heavy atom. The van der Waals surface area contributed by atoms with Gasteiger partial charge < -0.3 is 5.73 Å². The summed E-state index contributed by atoms with van der Waals surface area (Å²) in [4.78, 5) is 10.2. The number of aldehydes is 1. The van der Waals surface area contributed by atoms with E-state index in [4.69, 9.17) is 0 Å². The number of hydrogen-bond donors (Lipinski definition) is 1. The van der Waals surface area contributed by atoms with Gasteiger partial charge >= 0.3 is 0 Å². The van der Waals surface area contributed by atoms with Gasteiger partial charge in [-0.05, 0) is 12.1 Å². The molecule has 0 heterocycles. The van der Waals surface area contributed by atoms with Crippen molar-refractivity contribution >= 4 is 12.0 Å². The second-order valence-electron chi connectivity index (χ2n) is 1.82. The first-order valence-corrected chi connectivity index (χ1v) is 2.71. The maximum Gasteiger partial charge on any atom is 0.156 e. The zero-order valence-corrected chi connectivity index (χ0v) is 5.00. The normalized spacial score (nSPS) is 9.00. The lowest BCUT2D eigenvalue weighted by Crippen LogP contribution is -2.41. The predicted octanol–water partition coefficient (Wildman–Crippen LogP) is 0.372. The summed E-state index contributed by atoms with van der Waals surface area (Å²) in [5.74, 6) is 0. The summed E-state index contributed by atoms with van der Waals surface area (Å²) in [6, 6.07) is 7.23. The van der Waals surface area contributed by atoms with Crippen LogP contribution in [0.1, 0.15) is 10.4 Å². The SMILES string of the molecule is [NH3+]c1ccccc1C=O. The van der Waals surface area contributed by atoms with E-state index in [1.54, 1.807) is 6.07 Å². The van der Waals surface area contributed by atoms with E-state index in [1.807, 2.05) is 18.2 Å². The molecule has 0 fully saturated rings. The van der Waals surface area contributed by atoms with Gasteiger partial charge in [-0.2, -0.15) is 0 Å². The quantitative estimate of drug-likeness (QED) is 0.537. The van der Waals surface area contributed by atoms with Crippen molar-refractivity contribution in [2.24, 2.45) is 0 Å². The molecule has 0 unspecified atom stereocenters. The van der Waals surface area contributed by atoms with Crippen LogP contribution in [-0.4, -0.2) is 6.29 Å². The second kappa shape index (κ2) is 2.42. The minimum Gasteiger partial charge on any atom is -0.325 e. The highest BCUT2D eigenvalue weighted by atomic mass is 16.1. The Morgan fingerprint density at radius 1 is 1.33 bits per heavy atom. The van der Waals surface area contributed by atoms with Crippen molar-refractivity contribution in [3.63, 3.8) is 0 Å². The summed E-state index contributed by atoms with van der Waals surface area (Å²) in [6.45, 7) is 0. The fourth-order valence-corrected chi connectivity index (χ4v) is 0.649. The van der Waals surface area contributed by atoms with E-state index in [0.717, 1.165) is 12.0 Å². The Balaban J connectivity index is 3.15. The zero-order valence-electron chi connectivity index (χ0n) is 5.00. The molecule has 9 heavy (non-hydrogen) atoms. The van der Waals surface area contributed by atoms with Crippen molar-refractivity contribution in [2.75, 3.05) is 0 Å². The smallest absolute Gasteiger partial charge is 0.156 e. The van der Waals surface area contributed by atoms with Crippen molar-refractivity contribution in [3.05, 3.63) is 29.8 Å². The van der Waals surface area contributed by atoms with Crippen LogP contribution in [0.3, 0.4) is 0 Å². The zero-order chi connectivity index (χ0) is 6.69. The summed E-state index contributed by atoms with van der Waals surface area (Å²) in [7, 11) is 0. The molecule has 2 nitrogen and oxygen atoms in total. The number of quaternary nitrogens is 1. The highest BCUT2D eigenvalue weighted by molar-refractivity contribution is 5.80. The molecule has 0 aliphatic heterocycles. The summed E-state index contributed by atoms with van der Waals surface area (Å²) in [6.07, 6.45) is 0.808. The first kappa shape index (κ1) is 5.98. The maximum absolute atomic E-state index is 10.2. The molecule has 0 bridgehead atoms. The molecular weight excluding hydrogens is 114 g/mol. The lowest BCUT2D eigenvalue weighted by Gasteiger charge is -1.88. The Hall–Kier alpha value is -1.15. The largest absolute Gasteiger partial charge is 0.325 e. The van der Waals surface area contributed by atoms with Gasteiger partial charge in [0.1, 0.15) is 5.69 Å². The van der Waals surface area contributed by atoms with Gasteiger partial charge in [0.15, 0.2) is 6.29 Å². The number of rotatable bonds is 1. The van der Waals surface area contributed by atoms with Crippen LogP contribution in [0.4, 0.5) is 5.69 Å². The second-order valence-corrected chi connectivity index (χ2v) is 1.82. The molecule has 0 spiro atoms. The average Bonchev–Trinajstić information content (AvgIpc) is 1.89. The Bertz CT molecular complexity index is 220. The number of carbonyl (C=O) groups is 1. The van der Waals surface area contributed by atoms with Crippen LogP contribution in [0, 0.1) is 0 Å². The topological polar surface area (TPSA) is 44.7 Å². The van der Waals surface area contributed by atoms with Crippen LogP contribution in [-0.2, 0) is 0 Å². The van der Waals surface area contributed by atoms with E-state index in [1.165, 1.54) is 0 Å². The van der Waals surface area contributed by atoms with E-state index in [0.29, 0.717) is 5.56 Å². The van der Waals surface area contributed by atoms with Crippen LogP contribution < -0.4 is 5.73 Å². The van der Waals surface area contributed by atoms with Crippen LogP contribution in [0.15, 0.2) is 24.3 Å². The first-order valence-electron chi connectivity index (χ1n) is 2.71. The van der Waals surface area contributed by atoms with Crippen molar-refractivity contribution in [1.29, 1.82) is 0 Å². The third-order valence-corrected chi connectivity index (χ3v) is 1.18. The number of carbonyl (C=O) groups excluding carboxylic acids is 1. The molecule has 46 valence electrons. The van der Waals surface area contributed by atoms with Crippen LogP contribution in [0.2, 0.25) is 0 Å². The number of hydrogen-bond acceptors (Lipinski definition) is 1.